The van der Waals surface area contributed by atoms with E-state index in [1.54, 1.807) is 10.8 Å². The molecule has 3 aromatic heterocycles. The van der Waals surface area contributed by atoms with E-state index in [9.17, 15) is 4.79 Å². The minimum Gasteiger partial charge on any atom is -0.331 e. The summed E-state index contributed by atoms with van der Waals surface area (Å²) in [7, 11) is 1.89. The van der Waals surface area contributed by atoms with E-state index in [1.807, 2.05) is 29.2 Å². The van der Waals surface area contributed by atoms with Gasteiger partial charge in [0, 0.05) is 31.9 Å². The lowest BCUT2D eigenvalue weighted by Gasteiger charge is -2.06. The zero-order valence-electron chi connectivity index (χ0n) is 10.3. The molecule has 7 heteroatoms. The van der Waals surface area contributed by atoms with Gasteiger partial charge in [0.15, 0.2) is 4.77 Å². The van der Waals surface area contributed by atoms with E-state index in [0.717, 1.165) is 22.3 Å². The molecule has 3 aromatic rings. The monoisotopic (exact) mass is 292 g/mol. The quantitative estimate of drug-likeness (QED) is 0.752. The Morgan fingerprint density at radius 2 is 2.32 bits per heavy atom. The van der Waals surface area contributed by atoms with Gasteiger partial charge in [-0.15, -0.1) is 11.3 Å². The first-order valence-corrected chi connectivity index (χ1v) is 7.13. The van der Waals surface area contributed by atoms with Crippen LogP contribution in [0.3, 0.4) is 0 Å². The SMILES string of the molecule is Cn1nccc1CCn1c(=S)[nH]c2ccsc2c1=O. The van der Waals surface area contributed by atoms with Crippen LogP contribution in [-0.2, 0) is 20.0 Å². The summed E-state index contributed by atoms with van der Waals surface area (Å²) in [6.07, 6.45) is 2.48. The smallest absolute Gasteiger partial charge is 0.272 e. The van der Waals surface area contributed by atoms with Crippen LogP contribution in [0.1, 0.15) is 5.69 Å². The summed E-state index contributed by atoms with van der Waals surface area (Å²) < 4.78 is 4.61. The Bertz CT molecular complexity index is 839. The molecule has 3 heterocycles. The van der Waals surface area contributed by atoms with Crippen LogP contribution in [0.25, 0.3) is 10.2 Å². The van der Waals surface area contributed by atoms with E-state index in [2.05, 4.69) is 10.1 Å². The van der Waals surface area contributed by atoms with Crippen LogP contribution in [0.2, 0.25) is 0 Å². The summed E-state index contributed by atoms with van der Waals surface area (Å²) in [5.74, 6) is 0. The number of rotatable bonds is 3. The highest BCUT2D eigenvalue weighted by molar-refractivity contribution is 7.71. The maximum Gasteiger partial charge on any atom is 0.272 e. The van der Waals surface area contributed by atoms with Gasteiger partial charge in [-0.05, 0) is 29.7 Å². The number of H-pyrrole nitrogens is 1. The molecular weight excluding hydrogens is 280 g/mol. The third-order valence-corrected chi connectivity index (χ3v) is 4.33. The summed E-state index contributed by atoms with van der Waals surface area (Å²) in [5.41, 5.74) is 1.88. The average molecular weight is 292 g/mol. The first-order valence-electron chi connectivity index (χ1n) is 5.84. The highest BCUT2D eigenvalue weighted by atomic mass is 32.1. The fourth-order valence-corrected chi connectivity index (χ4v) is 3.13. The van der Waals surface area contributed by atoms with Gasteiger partial charge in [-0.1, -0.05) is 0 Å². The zero-order chi connectivity index (χ0) is 13.4. The second kappa shape index (κ2) is 4.75. The van der Waals surface area contributed by atoms with Crippen LogP contribution in [0, 0.1) is 4.77 Å². The molecule has 19 heavy (non-hydrogen) atoms. The van der Waals surface area contributed by atoms with Gasteiger partial charge >= 0.3 is 0 Å². The molecule has 0 saturated carbocycles. The van der Waals surface area contributed by atoms with Crippen molar-refractivity contribution in [2.75, 3.05) is 0 Å². The van der Waals surface area contributed by atoms with Gasteiger partial charge in [-0.2, -0.15) is 5.10 Å². The topological polar surface area (TPSA) is 55.6 Å². The molecule has 1 N–H and O–H groups in total. The molecule has 0 aliphatic rings. The number of hydrogen-bond donors (Lipinski definition) is 1. The van der Waals surface area contributed by atoms with Crippen molar-refractivity contribution in [3.05, 3.63) is 44.5 Å². The van der Waals surface area contributed by atoms with Crippen molar-refractivity contribution in [2.24, 2.45) is 7.05 Å². The predicted octanol–water partition coefficient (Wildman–Crippen LogP) is 2.10. The summed E-state index contributed by atoms with van der Waals surface area (Å²) in [6, 6.07) is 3.82. The lowest BCUT2D eigenvalue weighted by molar-refractivity contribution is 0.613. The average Bonchev–Trinajstić information content (AvgIpc) is 2.98. The number of thiophene rings is 1. The predicted molar refractivity (Wildman–Crippen MR) is 78.2 cm³/mol. The van der Waals surface area contributed by atoms with Crippen LogP contribution in [0.4, 0.5) is 0 Å². The second-order valence-corrected chi connectivity index (χ2v) is 5.55. The standard InChI is InChI=1S/C12H12N4OS2/c1-15-8(2-5-13-15)3-6-16-11(17)10-9(4-7-19-10)14-12(16)18/h2,4-5,7H,3,6H2,1H3,(H,14,18). The van der Waals surface area contributed by atoms with Crippen molar-refractivity contribution < 1.29 is 0 Å². The largest absolute Gasteiger partial charge is 0.331 e. The molecule has 3 rings (SSSR count). The summed E-state index contributed by atoms with van der Waals surface area (Å²) in [4.78, 5) is 15.4. The van der Waals surface area contributed by atoms with Crippen LogP contribution in [0.15, 0.2) is 28.5 Å². The van der Waals surface area contributed by atoms with Crippen LogP contribution in [0.5, 0.6) is 0 Å². The fourth-order valence-electron chi connectivity index (χ4n) is 2.05. The van der Waals surface area contributed by atoms with Gasteiger partial charge < -0.3 is 4.98 Å². The van der Waals surface area contributed by atoms with E-state index in [4.69, 9.17) is 12.2 Å². The molecule has 0 radical (unpaired) electrons. The van der Waals surface area contributed by atoms with E-state index in [1.165, 1.54) is 11.3 Å². The Hall–Kier alpha value is -1.73. The van der Waals surface area contributed by atoms with E-state index < -0.39 is 0 Å². The Labute approximate surface area is 118 Å². The maximum atomic E-state index is 12.3. The van der Waals surface area contributed by atoms with E-state index in [-0.39, 0.29) is 5.56 Å². The minimum absolute atomic E-state index is 0.0177. The van der Waals surface area contributed by atoms with Crippen LogP contribution >= 0.6 is 23.6 Å². The van der Waals surface area contributed by atoms with E-state index in [0.29, 0.717) is 11.3 Å². The number of aryl methyl sites for hydroxylation is 2. The number of hydrogen-bond acceptors (Lipinski definition) is 4. The number of nitrogens with one attached hydrogen (secondary N) is 1. The normalized spacial score (nSPS) is 11.2. The molecule has 0 saturated heterocycles. The first kappa shape index (κ1) is 12.3. The van der Waals surface area contributed by atoms with Gasteiger partial charge in [0.05, 0.1) is 5.52 Å². The molecule has 0 fully saturated rings. The summed E-state index contributed by atoms with van der Waals surface area (Å²) in [5, 5.41) is 6.00. The van der Waals surface area contributed by atoms with Crippen molar-refractivity contribution in [2.45, 2.75) is 13.0 Å². The molecule has 0 unspecified atom stereocenters. The third-order valence-electron chi connectivity index (χ3n) is 3.11. The summed E-state index contributed by atoms with van der Waals surface area (Å²) in [6.45, 7) is 0.557. The highest BCUT2D eigenvalue weighted by Gasteiger charge is 2.07. The first-order chi connectivity index (χ1) is 9.16. The van der Waals surface area contributed by atoms with Crippen LogP contribution < -0.4 is 5.56 Å². The van der Waals surface area contributed by atoms with Crippen molar-refractivity contribution in [3.63, 3.8) is 0 Å². The Balaban J connectivity index is 1.99. The lowest BCUT2D eigenvalue weighted by Crippen LogP contribution is -2.22. The molecule has 5 nitrogen and oxygen atoms in total. The second-order valence-electron chi connectivity index (χ2n) is 4.25. The number of aromatic amines is 1. The van der Waals surface area contributed by atoms with Gasteiger partial charge in [0.25, 0.3) is 5.56 Å². The molecule has 0 spiro atoms. The Morgan fingerprint density at radius 3 is 3.05 bits per heavy atom. The molecule has 0 aromatic carbocycles. The van der Waals surface area contributed by atoms with Gasteiger partial charge in [0.2, 0.25) is 0 Å². The minimum atomic E-state index is -0.0177. The molecule has 0 atom stereocenters. The zero-order valence-corrected chi connectivity index (χ0v) is 11.9. The van der Waals surface area contributed by atoms with E-state index >= 15 is 0 Å². The van der Waals surface area contributed by atoms with Crippen LogP contribution in [-0.4, -0.2) is 19.3 Å². The van der Waals surface area contributed by atoms with Gasteiger partial charge in [-0.3, -0.25) is 14.0 Å². The lowest BCUT2D eigenvalue weighted by atomic mass is 10.3. The van der Waals surface area contributed by atoms with Crippen molar-refractivity contribution in [1.82, 2.24) is 19.3 Å². The Morgan fingerprint density at radius 1 is 1.47 bits per heavy atom. The molecule has 0 aliphatic heterocycles. The molecule has 0 amide bonds. The number of aromatic nitrogens is 4. The number of fused-ring (bicyclic) bond motifs is 1. The highest BCUT2D eigenvalue weighted by Crippen LogP contribution is 2.14. The Kier molecular flexibility index (Phi) is 3.08. The molecule has 98 valence electrons. The van der Waals surface area contributed by atoms with Gasteiger partial charge in [-0.25, -0.2) is 0 Å². The van der Waals surface area contributed by atoms with Gasteiger partial charge in [0.1, 0.15) is 4.70 Å². The molecule has 0 aliphatic carbocycles. The third kappa shape index (κ3) is 2.15. The van der Waals surface area contributed by atoms with Crippen molar-refractivity contribution in [3.8, 4) is 0 Å². The van der Waals surface area contributed by atoms with Crippen molar-refractivity contribution >= 4 is 33.8 Å². The number of nitrogens with zero attached hydrogens (tertiary/aromatic N) is 3. The molecule has 0 bridgehead atoms. The fraction of sp³-hybridized carbons (Fsp3) is 0.250. The van der Waals surface area contributed by atoms with Crippen molar-refractivity contribution in [1.29, 1.82) is 0 Å². The molecular formula is C12H12N4OS2. The summed E-state index contributed by atoms with van der Waals surface area (Å²) >= 11 is 6.69. The maximum absolute atomic E-state index is 12.3.